The molecule has 0 unspecified atom stereocenters. The second-order valence-corrected chi connectivity index (χ2v) is 7.63. The number of hydrogen-bond acceptors (Lipinski definition) is 3. The number of benzene rings is 1. The van der Waals surface area contributed by atoms with Crippen LogP contribution in [-0.4, -0.2) is 37.6 Å². The lowest BCUT2D eigenvalue weighted by Gasteiger charge is -2.28. The molecule has 0 bridgehead atoms. The largest absolute Gasteiger partial charge is 0.376 e. The average molecular weight is 358 g/mol. The molecule has 1 aromatic rings. The predicted octanol–water partition coefficient (Wildman–Crippen LogP) is 3.06. The van der Waals surface area contributed by atoms with Crippen molar-refractivity contribution in [1.82, 2.24) is 5.32 Å². The molecule has 26 heavy (non-hydrogen) atoms. The molecule has 2 fully saturated rings. The summed E-state index contributed by atoms with van der Waals surface area (Å²) in [6.45, 7) is 5.83. The van der Waals surface area contributed by atoms with E-state index in [1.54, 1.807) is 4.90 Å². The van der Waals surface area contributed by atoms with Crippen molar-refractivity contribution in [3.63, 3.8) is 0 Å². The first-order valence-corrected chi connectivity index (χ1v) is 9.83. The Balaban J connectivity index is 1.43. The molecule has 1 N–H and O–H groups in total. The molecule has 1 saturated carbocycles. The first-order chi connectivity index (χ1) is 12.6. The van der Waals surface area contributed by atoms with Crippen molar-refractivity contribution in [2.75, 3.05) is 24.6 Å². The van der Waals surface area contributed by atoms with Crippen molar-refractivity contribution in [3.8, 4) is 0 Å². The monoisotopic (exact) mass is 358 g/mol. The van der Waals surface area contributed by atoms with Gasteiger partial charge in [0.1, 0.15) is 5.92 Å². The van der Waals surface area contributed by atoms with Gasteiger partial charge in [-0.25, -0.2) is 0 Å². The third-order valence-corrected chi connectivity index (χ3v) is 5.63. The smallest absolute Gasteiger partial charge is 0.239 e. The van der Waals surface area contributed by atoms with Gasteiger partial charge in [-0.15, -0.1) is 0 Å². The van der Waals surface area contributed by atoms with Crippen LogP contribution in [0.4, 0.5) is 5.69 Å². The molecule has 142 valence electrons. The number of rotatable bonds is 6. The van der Waals surface area contributed by atoms with Gasteiger partial charge in [-0.2, -0.15) is 0 Å². The molecule has 0 radical (unpaired) electrons. The Kier molecular flexibility index (Phi) is 6.30. The predicted molar refractivity (Wildman–Crippen MR) is 102 cm³/mol. The van der Waals surface area contributed by atoms with E-state index in [2.05, 4.69) is 12.2 Å². The summed E-state index contributed by atoms with van der Waals surface area (Å²) in [6.07, 6.45) is 5.74. The molecule has 1 aromatic carbocycles. The van der Waals surface area contributed by atoms with Gasteiger partial charge >= 0.3 is 0 Å². The summed E-state index contributed by atoms with van der Waals surface area (Å²) >= 11 is 0. The molecule has 1 heterocycles. The zero-order chi connectivity index (χ0) is 18.5. The van der Waals surface area contributed by atoms with Crippen molar-refractivity contribution < 1.29 is 14.3 Å². The van der Waals surface area contributed by atoms with Crippen LogP contribution >= 0.6 is 0 Å². The molecule has 2 amide bonds. The first kappa shape index (κ1) is 18.9. The molecule has 0 spiro atoms. The van der Waals surface area contributed by atoms with Crippen LogP contribution in [0.15, 0.2) is 24.3 Å². The minimum atomic E-state index is -0.579. The van der Waals surface area contributed by atoms with E-state index < -0.39 is 5.92 Å². The van der Waals surface area contributed by atoms with Crippen LogP contribution in [-0.2, 0) is 14.3 Å². The summed E-state index contributed by atoms with van der Waals surface area (Å²) in [5.41, 5.74) is 2.02. The third-order valence-electron chi connectivity index (χ3n) is 5.63. The van der Waals surface area contributed by atoms with Gasteiger partial charge in [-0.1, -0.05) is 37.5 Å². The van der Waals surface area contributed by atoms with Gasteiger partial charge in [-0.3, -0.25) is 9.59 Å². The minimum absolute atomic E-state index is 0.104. The fourth-order valence-corrected chi connectivity index (χ4v) is 3.94. The zero-order valence-electron chi connectivity index (χ0n) is 15.9. The fraction of sp³-hybridized carbons (Fsp3) is 0.619. The number of carbonyl (C=O) groups excluding carboxylic acids is 2. The lowest BCUT2D eigenvalue weighted by molar-refractivity contribution is -0.132. The topological polar surface area (TPSA) is 58.6 Å². The van der Waals surface area contributed by atoms with E-state index in [0.717, 1.165) is 17.7 Å². The summed E-state index contributed by atoms with van der Waals surface area (Å²) in [4.78, 5) is 26.7. The highest BCUT2D eigenvalue weighted by atomic mass is 16.5. The maximum absolute atomic E-state index is 12.6. The third kappa shape index (κ3) is 4.44. The molecule has 2 aliphatic rings. The van der Waals surface area contributed by atoms with Crippen molar-refractivity contribution in [1.29, 1.82) is 0 Å². The quantitative estimate of drug-likeness (QED) is 0.628. The summed E-state index contributed by atoms with van der Waals surface area (Å²) < 4.78 is 5.93. The Bertz CT molecular complexity index is 629. The number of amides is 2. The Hall–Kier alpha value is -1.88. The van der Waals surface area contributed by atoms with Crippen LogP contribution in [0.25, 0.3) is 0 Å². The highest BCUT2D eigenvalue weighted by molar-refractivity contribution is 6.09. The van der Waals surface area contributed by atoms with Gasteiger partial charge < -0.3 is 15.0 Å². The van der Waals surface area contributed by atoms with E-state index in [4.69, 9.17) is 4.74 Å². The van der Waals surface area contributed by atoms with Crippen molar-refractivity contribution >= 4 is 17.5 Å². The van der Waals surface area contributed by atoms with Gasteiger partial charge in [0.05, 0.1) is 12.7 Å². The SMILES string of the molecule is Cc1ccc(N2CC[C@H](C(=O)NCCO[C@H]3CCCC[C@H]3C)C2=O)cc1. The highest BCUT2D eigenvalue weighted by Crippen LogP contribution is 2.27. The van der Waals surface area contributed by atoms with Gasteiger partial charge in [0.15, 0.2) is 0 Å². The van der Waals surface area contributed by atoms with E-state index in [-0.39, 0.29) is 11.8 Å². The summed E-state index contributed by atoms with van der Waals surface area (Å²) in [7, 11) is 0. The standard InChI is InChI=1S/C21H30N2O3/c1-15-7-9-17(10-8-15)23-13-11-18(21(23)25)20(24)22-12-14-26-19-6-4-3-5-16(19)2/h7-10,16,18-19H,3-6,11-14H2,1-2H3,(H,22,24)/t16-,18-,19+/m1/s1. The van der Waals surface area contributed by atoms with Crippen LogP contribution in [0.5, 0.6) is 0 Å². The molecule has 1 aliphatic heterocycles. The van der Waals surface area contributed by atoms with Gasteiger partial charge in [0.25, 0.3) is 0 Å². The summed E-state index contributed by atoms with van der Waals surface area (Å²) in [5, 5.41) is 2.88. The number of ether oxygens (including phenoxy) is 1. The van der Waals surface area contributed by atoms with E-state index in [0.29, 0.717) is 38.1 Å². The number of nitrogens with zero attached hydrogens (tertiary/aromatic N) is 1. The first-order valence-electron chi connectivity index (χ1n) is 9.83. The number of anilines is 1. The molecule has 5 heteroatoms. The highest BCUT2D eigenvalue weighted by Gasteiger charge is 2.37. The van der Waals surface area contributed by atoms with Crippen molar-refractivity contribution in [2.45, 2.75) is 52.1 Å². The Morgan fingerprint density at radius 2 is 1.92 bits per heavy atom. The van der Waals surface area contributed by atoms with Crippen LogP contribution in [0.1, 0.15) is 44.6 Å². The minimum Gasteiger partial charge on any atom is -0.376 e. The van der Waals surface area contributed by atoms with Crippen molar-refractivity contribution in [2.24, 2.45) is 11.8 Å². The second kappa shape index (κ2) is 8.67. The van der Waals surface area contributed by atoms with Crippen LogP contribution < -0.4 is 10.2 Å². The van der Waals surface area contributed by atoms with E-state index in [9.17, 15) is 9.59 Å². The normalized spacial score (nSPS) is 26.2. The molecule has 5 nitrogen and oxygen atoms in total. The molecule has 1 saturated heterocycles. The van der Waals surface area contributed by atoms with E-state index in [1.165, 1.54) is 19.3 Å². The number of aryl methyl sites for hydroxylation is 1. The summed E-state index contributed by atoms with van der Waals surface area (Å²) in [5.74, 6) is -0.262. The van der Waals surface area contributed by atoms with Gasteiger partial charge in [-0.05, 0) is 44.2 Å². The molecular weight excluding hydrogens is 328 g/mol. The van der Waals surface area contributed by atoms with Crippen molar-refractivity contribution in [3.05, 3.63) is 29.8 Å². The number of nitrogens with one attached hydrogen (secondary N) is 1. The Labute approximate surface area is 156 Å². The van der Waals surface area contributed by atoms with Crippen LogP contribution in [0.3, 0.4) is 0 Å². The second-order valence-electron chi connectivity index (χ2n) is 7.63. The van der Waals surface area contributed by atoms with Crippen LogP contribution in [0, 0.1) is 18.8 Å². The molecule has 1 aliphatic carbocycles. The number of carbonyl (C=O) groups is 2. The zero-order valence-corrected chi connectivity index (χ0v) is 15.9. The fourth-order valence-electron chi connectivity index (χ4n) is 3.94. The maximum atomic E-state index is 12.6. The Morgan fingerprint density at radius 1 is 1.19 bits per heavy atom. The molecule has 3 atom stereocenters. The van der Waals surface area contributed by atoms with E-state index >= 15 is 0 Å². The molecular formula is C21H30N2O3. The molecule has 0 aromatic heterocycles. The maximum Gasteiger partial charge on any atom is 0.239 e. The lowest BCUT2D eigenvalue weighted by Crippen LogP contribution is -2.39. The lowest BCUT2D eigenvalue weighted by atomic mass is 9.88. The van der Waals surface area contributed by atoms with Gasteiger partial charge in [0, 0.05) is 18.8 Å². The molecule has 3 rings (SSSR count). The van der Waals surface area contributed by atoms with Gasteiger partial charge in [0.2, 0.25) is 11.8 Å². The number of hydrogen-bond donors (Lipinski definition) is 1. The van der Waals surface area contributed by atoms with Crippen LogP contribution in [0.2, 0.25) is 0 Å². The average Bonchev–Trinajstić information content (AvgIpc) is 3.02. The summed E-state index contributed by atoms with van der Waals surface area (Å²) in [6, 6.07) is 7.85. The Morgan fingerprint density at radius 3 is 2.65 bits per heavy atom. The van der Waals surface area contributed by atoms with E-state index in [1.807, 2.05) is 31.2 Å².